The fourth-order valence-corrected chi connectivity index (χ4v) is 6.80. The van der Waals surface area contributed by atoms with Gasteiger partial charge in [0.2, 0.25) is 0 Å². The Morgan fingerprint density at radius 3 is 0.947 bits per heavy atom. The summed E-state index contributed by atoms with van der Waals surface area (Å²) in [6, 6.07) is 5.41. The van der Waals surface area contributed by atoms with Crippen molar-refractivity contribution in [3.8, 4) is 34.5 Å². The first kappa shape index (κ1) is 51.8. The van der Waals surface area contributed by atoms with E-state index in [-0.39, 0.29) is 109 Å². The molecular weight excluding hydrogens is 797 g/mol. The molecule has 9 nitrogen and oxygen atoms in total. The average Bonchev–Trinajstić information content (AvgIpc) is 2.93. The number of hydrogen-bond acceptors (Lipinski definition) is 9. The van der Waals surface area contributed by atoms with Crippen LogP contribution in [-0.2, 0) is 54.2 Å². The molecule has 0 spiro atoms. The van der Waals surface area contributed by atoms with Crippen LogP contribution in [0.5, 0.6) is 34.5 Å². The molecule has 0 fully saturated rings. The fourth-order valence-electron chi connectivity index (χ4n) is 6.80. The van der Waals surface area contributed by atoms with E-state index in [4.69, 9.17) is 5.10 Å². The fraction of sp³-hybridized carbons (Fsp3) is 0.533. The summed E-state index contributed by atoms with van der Waals surface area (Å²) >= 11 is 0. The molecule has 0 bridgehead atoms. The molecule has 4 rings (SSSR count). The quantitative estimate of drug-likeness (QED) is 0.153. The molecule has 12 heteroatoms. The molecule has 1 heterocycles. The molecule has 1 radical (unpaired) electrons. The molecule has 313 valence electrons. The molecular formula is C45H64Cl2N3O6Ti. The van der Waals surface area contributed by atoms with Crippen molar-refractivity contribution in [3.05, 3.63) is 68.8 Å². The number of hydrazone groups is 1. The second kappa shape index (κ2) is 16.4. The van der Waals surface area contributed by atoms with Gasteiger partial charge in [-0.15, -0.1) is 6.08 Å². The number of halogens is 2. The zero-order chi connectivity index (χ0) is 41.6. The summed E-state index contributed by atoms with van der Waals surface area (Å²) in [5, 5.41) is 78.3. The van der Waals surface area contributed by atoms with Gasteiger partial charge in [-0.1, -0.05) is 125 Å². The van der Waals surface area contributed by atoms with Gasteiger partial charge in [-0.2, -0.15) is 10.2 Å². The van der Waals surface area contributed by atoms with Crippen LogP contribution in [0.2, 0.25) is 0 Å². The zero-order valence-corrected chi connectivity index (χ0v) is 40.1. The molecule has 7 N–H and O–H groups in total. The van der Waals surface area contributed by atoms with Crippen LogP contribution < -0.4 is 35.4 Å². The van der Waals surface area contributed by atoms with Crippen LogP contribution in [0, 0.1) is 6.08 Å². The molecule has 1 aliphatic rings. The van der Waals surface area contributed by atoms with Crippen molar-refractivity contribution in [3.63, 3.8) is 0 Å². The largest absolute Gasteiger partial charge is 3.00 e. The summed E-state index contributed by atoms with van der Waals surface area (Å²) in [5.41, 5.74) is 2.95. The number of hydrazine groups is 1. The molecule has 57 heavy (non-hydrogen) atoms. The molecule has 3 aromatic carbocycles. The molecule has 0 aromatic heterocycles. The second-order valence-corrected chi connectivity index (χ2v) is 21.0. The Hall–Kier alpha value is -3.24. The third-order valence-electron chi connectivity index (χ3n) is 10.0. The van der Waals surface area contributed by atoms with Crippen LogP contribution in [0.25, 0.3) is 5.70 Å². The van der Waals surface area contributed by atoms with Crippen molar-refractivity contribution in [1.29, 1.82) is 0 Å². The van der Waals surface area contributed by atoms with Crippen molar-refractivity contribution in [2.45, 2.75) is 157 Å². The normalized spacial score (nSPS) is 14.1. The number of allylic oxidation sites excluding steroid dienone is 1. The van der Waals surface area contributed by atoms with Crippen molar-refractivity contribution in [2.75, 3.05) is 5.12 Å². The summed E-state index contributed by atoms with van der Waals surface area (Å²) in [6.45, 7) is 35.3. The molecule has 0 saturated carbocycles. The van der Waals surface area contributed by atoms with Crippen molar-refractivity contribution < 1.29 is 77.2 Å². The third kappa shape index (κ3) is 9.97. The van der Waals surface area contributed by atoms with E-state index in [9.17, 15) is 30.6 Å². The van der Waals surface area contributed by atoms with Crippen molar-refractivity contribution >= 4 is 17.1 Å². The Bertz CT molecular complexity index is 1950. The second-order valence-electron chi connectivity index (χ2n) is 21.0. The standard InChI is InChI=1S/C45H64N3O6.2ClH.Ti/c1-40(2,3)23-19-24(41(4,5)6)35(50)31(34(23)49)29-22-30(32-36(51)25(42(7,8)9)20-26(37(32)52)43(10,11)12)47-48(46-29)33-38(53)27(44(13,14)15)21-28(39(33)54)45(16,17)18;;;/h19-21,46,49-54H,1-18H3;2*1H;/q-1;;;+3/p-2. The van der Waals surface area contributed by atoms with Crippen LogP contribution in [0.15, 0.2) is 23.3 Å². The predicted octanol–water partition coefficient (Wildman–Crippen LogP) is 4.28. The SMILES string of the molecule is CC(C)(C)c1cc(C(C)(C)C)c(O)c(C2=[C-]C(c3c(O)c(C(C)(C)C)cc(C(C)(C)C)c3O)=NN(c3c(O)c(C(C)(C)C)cc(C(C)(C)C)c3O)N2)c1O.[Cl-].[Cl-].[Ti+3]. The predicted molar refractivity (Wildman–Crippen MR) is 220 cm³/mol. The van der Waals surface area contributed by atoms with Crippen LogP contribution >= 0.6 is 0 Å². The Balaban J connectivity index is 0.00000541. The van der Waals surface area contributed by atoms with E-state index in [1.54, 1.807) is 12.1 Å². The summed E-state index contributed by atoms with van der Waals surface area (Å²) in [6.07, 6.45) is 3.20. The van der Waals surface area contributed by atoms with E-state index in [0.29, 0.717) is 33.4 Å². The number of nitrogens with zero attached hydrogens (tertiary/aromatic N) is 2. The zero-order valence-electron chi connectivity index (χ0n) is 37.1. The van der Waals surface area contributed by atoms with Gasteiger partial charge in [-0.05, 0) is 95.5 Å². The van der Waals surface area contributed by atoms with Gasteiger partial charge < -0.3 is 60.9 Å². The molecule has 0 aliphatic carbocycles. The van der Waals surface area contributed by atoms with E-state index in [1.165, 1.54) is 5.12 Å². The number of aromatic hydroxyl groups is 6. The van der Waals surface area contributed by atoms with E-state index < -0.39 is 32.5 Å². The topological polar surface area (TPSA) is 149 Å². The maximum atomic E-state index is 12.1. The smallest absolute Gasteiger partial charge is 1.00 e. The van der Waals surface area contributed by atoms with Gasteiger partial charge in [-0.3, -0.25) is 0 Å². The number of anilines is 1. The van der Waals surface area contributed by atoms with Gasteiger partial charge >= 0.3 is 21.7 Å². The first-order chi connectivity index (χ1) is 24.1. The first-order valence-corrected chi connectivity index (χ1v) is 18.7. The van der Waals surface area contributed by atoms with Crippen molar-refractivity contribution in [2.24, 2.45) is 5.10 Å². The number of hydrogen-bond donors (Lipinski definition) is 7. The van der Waals surface area contributed by atoms with Gasteiger partial charge in [0.25, 0.3) is 0 Å². The summed E-state index contributed by atoms with van der Waals surface area (Å²) < 4.78 is 0. The number of phenolic OH excluding ortho intramolecular Hbond substituents is 6. The molecule has 0 saturated heterocycles. The molecule has 0 atom stereocenters. The van der Waals surface area contributed by atoms with Gasteiger partial charge in [0.05, 0.1) is 23.0 Å². The van der Waals surface area contributed by atoms with Crippen molar-refractivity contribution in [1.82, 2.24) is 5.43 Å². The summed E-state index contributed by atoms with van der Waals surface area (Å²) in [7, 11) is 0. The maximum absolute atomic E-state index is 12.1. The third-order valence-corrected chi connectivity index (χ3v) is 10.0. The Morgan fingerprint density at radius 1 is 0.439 bits per heavy atom. The molecule has 3 aromatic rings. The minimum absolute atomic E-state index is 0. The average molecular weight is 862 g/mol. The van der Waals surface area contributed by atoms with Gasteiger partial charge in [-0.25, -0.2) is 0 Å². The van der Waals surface area contributed by atoms with E-state index in [2.05, 4.69) is 11.5 Å². The monoisotopic (exact) mass is 860 g/mol. The minimum Gasteiger partial charge on any atom is -1.00 e. The van der Waals surface area contributed by atoms with Crippen LogP contribution in [0.1, 0.15) is 169 Å². The maximum Gasteiger partial charge on any atom is 3.00 e. The number of benzene rings is 3. The number of rotatable bonds is 3. The van der Waals surface area contributed by atoms with Gasteiger partial charge in [0.1, 0.15) is 0 Å². The van der Waals surface area contributed by atoms with E-state index in [0.717, 1.165) is 0 Å². The number of phenols is 6. The summed E-state index contributed by atoms with van der Waals surface area (Å²) in [4.78, 5) is 0. The molecule has 0 unspecified atom stereocenters. The molecule has 1 aliphatic heterocycles. The van der Waals surface area contributed by atoms with Crippen LogP contribution in [0.4, 0.5) is 5.69 Å². The Morgan fingerprint density at radius 2 is 0.684 bits per heavy atom. The van der Waals surface area contributed by atoms with Crippen LogP contribution in [-0.4, -0.2) is 36.4 Å². The Kier molecular flexibility index (Phi) is 14.9. The Labute approximate surface area is 368 Å². The minimum atomic E-state index is -0.571. The first-order valence-electron chi connectivity index (χ1n) is 18.7. The number of nitrogens with one attached hydrogen (secondary N) is 1. The van der Waals surface area contributed by atoms with E-state index in [1.807, 2.05) is 131 Å². The molecule has 0 amide bonds. The van der Waals surface area contributed by atoms with Crippen LogP contribution in [0.3, 0.4) is 0 Å². The van der Waals surface area contributed by atoms with Gasteiger partial charge in [0.15, 0.2) is 17.2 Å². The summed E-state index contributed by atoms with van der Waals surface area (Å²) in [5.74, 6) is -1.35. The van der Waals surface area contributed by atoms with Gasteiger partial charge in [0, 0.05) is 11.1 Å². The van der Waals surface area contributed by atoms with E-state index >= 15 is 0 Å².